The summed E-state index contributed by atoms with van der Waals surface area (Å²) in [5, 5.41) is 17.3. The van der Waals surface area contributed by atoms with Crippen LogP contribution in [0.5, 0.6) is 0 Å². The summed E-state index contributed by atoms with van der Waals surface area (Å²) in [6, 6.07) is 27.7. The van der Waals surface area contributed by atoms with E-state index in [1.165, 1.54) is 11.3 Å². The van der Waals surface area contributed by atoms with Crippen molar-refractivity contribution in [1.82, 2.24) is 20.3 Å². The summed E-state index contributed by atoms with van der Waals surface area (Å²) in [4.78, 5) is 13.4. The first-order valence-corrected chi connectivity index (χ1v) is 16.1. The average Bonchev–Trinajstić information content (AvgIpc) is 3.54. The maximum atomic E-state index is 13.1. The zero-order chi connectivity index (χ0) is 29.6. The minimum Gasteiger partial charge on any atom is -0.387 e. The van der Waals surface area contributed by atoms with Gasteiger partial charge < -0.3 is 10.4 Å². The van der Waals surface area contributed by atoms with Crippen molar-refractivity contribution < 1.29 is 13.5 Å². The van der Waals surface area contributed by atoms with Gasteiger partial charge in [0.15, 0.2) is 0 Å². The Kier molecular flexibility index (Phi) is 8.52. The molecule has 10 heteroatoms. The number of anilines is 1. The number of rotatable bonds is 11. The van der Waals surface area contributed by atoms with E-state index < -0.39 is 16.1 Å². The van der Waals surface area contributed by atoms with Crippen molar-refractivity contribution in [2.45, 2.75) is 17.4 Å². The summed E-state index contributed by atoms with van der Waals surface area (Å²) >= 11 is 1.52. The Labute approximate surface area is 254 Å². The fourth-order valence-electron chi connectivity index (χ4n) is 4.67. The van der Waals surface area contributed by atoms with Crippen molar-refractivity contribution in [3.8, 4) is 21.8 Å². The molecule has 1 atom stereocenters. The van der Waals surface area contributed by atoms with Crippen LogP contribution in [-0.4, -0.2) is 41.6 Å². The van der Waals surface area contributed by atoms with Crippen molar-refractivity contribution in [2.24, 2.45) is 0 Å². The van der Waals surface area contributed by atoms with Crippen LogP contribution in [0.15, 0.2) is 120 Å². The summed E-state index contributed by atoms with van der Waals surface area (Å²) in [5.41, 5.74) is 5.98. The third-order valence-electron chi connectivity index (χ3n) is 7.02. The number of pyridine rings is 2. The lowest BCUT2D eigenvalue weighted by atomic mass is 10.1. The van der Waals surface area contributed by atoms with Crippen LogP contribution in [0.4, 0.5) is 5.69 Å². The van der Waals surface area contributed by atoms with Crippen molar-refractivity contribution in [2.75, 3.05) is 17.8 Å². The van der Waals surface area contributed by atoms with Gasteiger partial charge in [0.25, 0.3) is 10.0 Å². The van der Waals surface area contributed by atoms with Crippen LogP contribution in [0, 0.1) is 0 Å². The molecule has 0 saturated carbocycles. The first kappa shape index (κ1) is 28.6. The van der Waals surface area contributed by atoms with Crippen LogP contribution in [0.1, 0.15) is 17.2 Å². The molecule has 43 heavy (non-hydrogen) atoms. The lowest BCUT2D eigenvalue weighted by Gasteiger charge is -2.12. The fraction of sp³-hybridized carbons (Fsp3) is 0.121. The van der Waals surface area contributed by atoms with E-state index in [2.05, 4.69) is 26.1 Å². The van der Waals surface area contributed by atoms with Gasteiger partial charge in [-0.05, 0) is 67.1 Å². The largest absolute Gasteiger partial charge is 0.387 e. The number of nitrogens with zero attached hydrogens (tertiary/aromatic N) is 3. The van der Waals surface area contributed by atoms with Crippen molar-refractivity contribution in [3.05, 3.63) is 126 Å². The van der Waals surface area contributed by atoms with Crippen LogP contribution in [0.3, 0.4) is 0 Å². The summed E-state index contributed by atoms with van der Waals surface area (Å²) in [6.45, 7) is 1.10. The molecule has 0 spiro atoms. The standard InChI is InChI=1S/C33H29N5O3S2/c39-32(27-4-1-16-34-20-27)21-35-18-15-23-5-10-28(11-6-23)38-43(40,41)29-12-7-24(8-13-29)33-37-31(22-42-33)26-9-14-30-25(19-26)3-2-17-36-30/h1-14,16-17,19-20,22,32,35,38-39H,15,18,21H2. The molecule has 0 amide bonds. The molecule has 1 unspecified atom stereocenters. The molecule has 0 fully saturated rings. The van der Waals surface area contributed by atoms with Crippen LogP contribution in [0.25, 0.3) is 32.7 Å². The third kappa shape index (κ3) is 6.95. The van der Waals surface area contributed by atoms with E-state index in [0.717, 1.165) is 50.3 Å². The summed E-state index contributed by atoms with van der Waals surface area (Å²) in [5.74, 6) is 0. The van der Waals surface area contributed by atoms with E-state index in [1.54, 1.807) is 61.1 Å². The number of nitrogens with one attached hydrogen (secondary N) is 2. The van der Waals surface area contributed by atoms with Crippen molar-refractivity contribution >= 4 is 38.0 Å². The molecule has 0 aliphatic heterocycles. The predicted octanol–water partition coefficient (Wildman–Crippen LogP) is 6.09. The number of thiazole rings is 1. The zero-order valence-electron chi connectivity index (χ0n) is 23.1. The molecule has 3 heterocycles. The van der Waals surface area contributed by atoms with Gasteiger partial charge in [0, 0.05) is 58.3 Å². The van der Waals surface area contributed by atoms with Gasteiger partial charge in [-0.3, -0.25) is 14.7 Å². The number of aliphatic hydroxyl groups excluding tert-OH is 1. The molecular formula is C33H29N5O3S2. The van der Waals surface area contributed by atoms with E-state index in [4.69, 9.17) is 4.98 Å². The predicted molar refractivity (Wildman–Crippen MR) is 171 cm³/mol. The first-order chi connectivity index (χ1) is 20.9. The van der Waals surface area contributed by atoms with E-state index in [0.29, 0.717) is 18.8 Å². The van der Waals surface area contributed by atoms with Crippen LogP contribution >= 0.6 is 11.3 Å². The highest BCUT2D eigenvalue weighted by molar-refractivity contribution is 7.92. The van der Waals surface area contributed by atoms with E-state index in [1.807, 2.05) is 47.8 Å². The molecule has 216 valence electrons. The zero-order valence-corrected chi connectivity index (χ0v) is 24.7. The molecular weight excluding hydrogens is 579 g/mol. The van der Waals surface area contributed by atoms with E-state index in [9.17, 15) is 13.5 Å². The quantitative estimate of drug-likeness (QED) is 0.153. The van der Waals surface area contributed by atoms with Crippen LogP contribution in [0.2, 0.25) is 0 Å². The average molecular weight is 608 g/mol. The Bertz CT molecular complexity index is 1930. The Balaban J connectivity index is 1.04. The van der Waals surface area contributed by atoms with Crippen molar-refractivity contribution in [1.29, 1.82) is 0 Å². The molecule has 3 aromatic heterocycles. The minimum absolute atomic E-state index is 0.176. The summed E-state index contributed by atoms with van der Waals surface area (Å²) < 4.78 is 28.8. The number of aromatic nitrogens is 3. The second-order valence-electron chi connectivity index (χ2n) is 10.0. The van der Waals surface area contributed by atoms with Crippen molar-refractivity contribution in [3.63, 3.8) is 0 Å². The smallest absolute Gasteiger partial charge is 0.261 e. The number of hydrogen-bond donors (Lipinski definition) is 3. The van der Waals surface area contributed by atoms with Crippen LogP contribution < -0.4 is 10.0 Å². The molecule has 6 aromatic rings. The first-order valence-electron chi connectivity index (χ1n) is 13.8. The Morgan fingerprint density at radius 3 is 2.47 bits per heavy atom. The Morgan fingerprint density at radius 2 is 1.67 bits per heavy atom. The summed E-state index contributed by atoms with van der Waals surface area (Å²) in [6.07, 6.45) is 5.23. The molecule has 0 aliphatic rings. The summed E-state index contributed by atoms with van der Waals surface area (Å²) in [7, 11) is -3.76. The van der Waals surface area contributed by atoms with Gasteiger partial charge in [-0.15, -0.1) is 11.3 Å². The number of fused-ring (bicyclic) bond motifs is 1. The molecule has 6 rings (SSSR count). The second kappa shape index (κ2) is 12.8. The van der Waals surface area contributed by atoms with Gasteiger partial charge in [0.05, 0.1) is 22.2 Å². The highest BCUT2D eigenvalue weighted by atomic mass is 32.2. The van der Waals surface area contributed by atoms with Gasteiger partial charge in [0.2, 0.25) is 0 Å². The van der Waals surface area contributed by atoms with Gasteiger partial charge >= 0.3 is 0 Å². The van der Waals surface area contributed by atoms with E-state index in [-0.39, 0.29) is 4.90 Å². The molecule has 3 aromatic carbocycles. The highest BCUT2D eigenvalue weighted by Crippen LogP contribution is 2.31. The highest BCUT2D eigenvalue weighted by Gasteiger charge is 2.15. The molecule has 0 aliphatic carbocycles. The maximum absolute atomic E-state index is 13.1. The van der Waals surface area contributed by atoms with Gasteiger partial charge in [0.1, 0.15) is 5.01 Å². The molecule has 0 radical (unpaired) electrons. The van der Waals surface area contributed by atoms with Gasteiger partial charge in [-0.25, -0.2) is 13.4 Å². The molecule has 0 saturated heterocycles. The Hall–Kier alpha value is -4.48. The second-order valence-corrected chi connectivity index (χ2v) is 12.6. The number of sulfonamides is 1. The number of aliphatic hydroxyl groups is 1. The molecule has 3 N–H and O–H groups in total. The SMILES string of the molecule is O=S(=O)(Nc1ccc(CCNCC(O)c2cccnc2)cc1)c1ccc(-c2nc(-c3ccc4ncccc4c3)cs2)cc1. The minimum atomic E-state index is -3.76. The Morgan fingerprint density at radius 1 is 0.884 bits per heavy atom. The molecule has 0 bridgehead atoms. The maximum Gasteiger partial charge on any atom is 0.261 e. The van der Waals surface area contributed by atoms with E-state index >= 15 is 0 Å². The van der Waals surface area contributed by atoms with Crippen LogP contribution in [-0.2, 0) is 16.4 Å². The number of hydrogen-bond acceptors (Lipinski definition) is 8. The third-order valence-corrected chi connectivity index (χ3v) is 9.31. The fourth-order valence-corrected chi connectivity index (χ4v) is 6.56. The lowest BCUT2D eigenvalue weighted by Crippen LogP contribution is -2.23. The monoisotopic (exact) mass is 607 g/mol. The topological polar surface area (TPSA) is 117 Å². The molecule has 8 nitrogen and oxygen atoms in total. The lowest BCUT2D eigenvalue weighted by molar-refractivity contribution is 0.174. The van der Waals surface area contributed by atoms with Gasteiger partial charge in [-0.2, -0.15) is 0 Å². The normalized spacial score (nSPS) is 12.3. The number of benzene rings is 3. The van der Waals surface area contributed by atoms with Gasteiger partial charge in [-0.1, -0.05) is 42.5 Å².